The van der Waals surface area contributed by atoms with Gasteiger partial charge in [0.1, 0.15) is 0 Å². The van der Waals surface area contributed by atoms with E-state index in [0.29, 0.717) is 0 Å². The van der Waals surface area contributed by atoms with Gasteiger partial charge in [0.15, 0.2) is 5.25 Å². The van der Waals surface area contributed by atoms with Crippen LogP contribution in [0.15, 0.2) is 0 Å². The van der Waals surface area contributed by atoms with E-state index >= 15 is 0 Å². The number of carbonyl (C=O) groups is 1. The van der Waals surface area contributed by atoms with E-state index in [2.05, 4.69) is 10.0 Å². The zero-order valence-corrected chi connectivity index (χ0v) is 10.3. The minimum Gasteiger partial charge on any atom is -0.337 e. The van der Waals surface area contributed by atoms with Crippen LogP contribution in [0.3, 0.4) is 0 Å². The van der Waals surface area contributed by atoms with Gasteiger partial charge in [-0.2, -0.15) is 5.26 Å². The molecule has 0 aliphatic heterocycles. The second-order valence-electron chi connectivity index (χ2n) is 3.34. The SMILES string of the molecule is CC(C#N)S(=O)(=O)NCCNC(=O)N(C)C. The van der Waals surface area contributed by atoms with Gasteiger partial charge in [-0.1, -0.05) is 0 Å². The summed E-state index contributed by atoms with van der Waals surface area (Å²) >= 11 is 0. The van der Waals surface area contributed by atoms with Crippen LogP contribution in [-0.4, -0.2) is 51.8 Å². The van der Waals surface area contributed by atoms with Crippen molar-refractivity contribution >= 4 is 16.1 Å². The molecule has 0 bridgehead atoms. The second-order valence-corrected chi connectivity index (χ2v) is 5.42. The Labute approximate surface area is 95.5 Å². The van der Waals surface area contributed by atoms with Crippen molar-refractivity contribution in [1.29, 1.82) is 5.26 Å². The molecule has 2 amide bonds. The Morgan fingerprint density at radius 3 is 2.44 bits per heavy atom. The van der Waals surface area contributed by atoms with Gasteiger partial charge in [-0.15, -0.1) is 0 Å². The maximum atomic E-state index is 11.3. The monoisotopic (exact) mass is 248 g/mol. The van der Waals surface area contributed by atoms with Gasteiger partial charge in [0.05, 0.1) is 6.07 Å². The van der Waals surface area contributed by atoms with Crippen LogP contribution in [0, 0.1) is 11.3 Å². The van der Waals surface area contributed by atoms with Crippen LogP contribution in [-0.2, 0) is 10.0 Å². The number of hydrogen-bond donors (Lipinski definition) is 2. The number of carbonyl (C=O) groups excluding carboxylic acids is 1. The average Bonchev–Trinajstić information content (AvgIpc) is 2.22. The Bertz CT molecular complexity index is 371. The highest BCUT2D eigenvalue weighted by Gasteiger charge is 2.18. The van der Waals surface area contributed by atoms with Crippen molar-refractivity contribution < 1.29 is 13.2 Å². The van der Waals surface area contributed by atoms with E-state index in [1.165, 1.54) is 11.8 Å². The fraction of sp³-hybridized carbons (Fsp3) is 0.750. The lowest BCUT2D eigenvalue weighted by atomic mass is 10.5. The van der Waals surface area contributed by atoms with E-state index < -0.39 is 15.3 Å². The number of rotatable bonds is 5. The predicted octanol–water partition coefficient (Wildman–Crippen LogP) is -0.911. The van der Waals surface area contributed by atoms with E-state index in [0.717, 1.165) is 0 Å². The lowest BCUT2D eigenvalue weighted by Gasteiger charge is -2.12. The van der Waals surface area contributed by atoms with Crippen LogP contribution in [0.25, 0.3) is 0 Å². The van der Waals surface area contributed by atoms with E-state index in [4.69, 9.17) is 5.26 Å². The third-order valence-corrected chi connectivity index (χ3v) is 3.40. The Kier molecular flexibility index (Phi) is 5.77. The van der Waals surface area contributed by atoms with Crippen molar-refractivity contribution in [2.75, 3.05) is 27.2 Å². The normalized spacial score (nSPS) is 12.6. The summed E-state index contributed by atoms with van der Waals surface area (Å²) in [6, 6.07) is 1.33. The summed E-state index contributed by atoms with van der Waals surface area (Å²) in [5.74, 6) is 0. The van der Waals surface area contributed by atoms with Gasteiger partial charge >= 0.3 is 6.03 Å². The van der Waals surface area contributed by atoms with Crippen LogP contribution in [0.4, 0.5) is 4.79 Å². The zero-order valence-electron chi connectivity index (χ0n) is 9.52. The molecule has 0 fully saturated rings. The third-order valence-electron chi connectivity index (χ3n) is 1.76. The molecule has 2 N–H and O–H groups in total. The Hall–Kier alpha value is -1.33. The van der Waals surface area contributed by atoms with Crippen LogP contribution in [0.2, 0.25) is 0 Å². The minimum atomic E-state index is -3.60. The van der Waals surface area contributed by atoms with Crippen molar-refractivity contribution in [2.24, 2.45) is 0 Å². The summed E-state index contributed by atoms with van der Waals surface area (Å²) in [5.41, 5.74) is 0. The number of sulfonamides is 1. The third kappa shape index (κ3) is 4.95. The molecule has 7 nitrogen and oxygen atoms in total. The number of hydrogen-bond acceptors (Lipinski definition) is 4. The topological polar surface area (TPSA) is 102 Å². The van der Waals surface area contributed by atoms with Crippen LogP contribution < -0.4 is 10.0 Å². The molecule has 1 atom stereocenters. The number of nitriles is 1. The highest BCUT2D eigenvalue weighted by Crippen LogP contribution is 1.94. The highest BCUT2D eigenvalue weighted by molar-refractivity contribution is 7.90. The minimum absolute atomic E-state index is 0.0634. The van der Waals surface area contributed by atoms with Gasteiger partial charge in [0.2, 0.25) is 10.0 Å². The number of nitrogens with one attached hydrogen (secondary N) is 2. The maximum absolute atomic E-state index is 11.3. The molecule has 16 heavy (non-hydrogen) atoms. The number of amides is 2. The van der Waals surface area contributed by atoms with Gasteiger partial charge in [-0.05, 0) is 6.92 Å². The first-order valence-corrected chi connectivity index (χ1v) is 6.19. The average molecular weight is 248 g/mol. The first kappa shape index (κ1) is 14.7. The van der Waals surface area contributed by atoms with Gasteiger partial charge in [-0.3, -0.25) is 0 Å². The highest BCUT2D eigenvalue weighted by atomic mass is 32.2. The quantitative estimate of drug-likeness (QED) is 0.615. The smallest absolute Gasteiger partial charge is 0.316 e. The zero-order chi connectivity index (χ0) is 12.8. The second kappa shape index (κ2) is 6.30. The fourth-order valence-corrected chi connectivity index (χ4v) is 1.49. The fourth-order valence-electron chi connectivity index (χ4n) is 0.715. The van der Waals surface area contributed by atoms with E-state index in [1.54, 1.807) is 20.2 Å². The van der Waals surface area contributed by atoms with Crippen molar-refractivity contribution in [1.82, 2.24) is 14.9 Å². The summed E-state index contributed by atoms with van der Waals surface area (Å²) in [6.45, 7) is 1.53. The molecule has 1 unspecified atom stereocenters. The van der Waals surface area contributed by atoms with Gasteiger partial charge < -0.3 is 10.2 Å². The van der Waals surface area contributed by atoms with Crippen LogP contribution in [0.5, 0.6) is 0 Å². The molecule has 0 aromatic heterocycles. The van der Waals surface area contributed by atoms with Crippen LogP contribution in [0.1, 0.15) is 6.92 Å². The molecule has 0 heterocycles. The van der Waals surface area contributed by atoms with Gasteiger partial charge in [0, 0.05) is 27.2 Å². The van der Waals surface area contributed by atoms with E-state index in [-0.39, 0.29) is 19.1 Å². The molecular formula is C8H16N4O3S. The Morgan fingerprint density at radius 1 is 1.44 bits per heavy atom. The summed E-state index contributed by atoms with van der Waals surface area (Å²) in [4.78, 5) is 12.4. The van der Waals surface area contributed by atoms with Gasteiger partial charge in [-0.25, -0.2) is 17.9 Å². The molecule has 0 saturated carbocycles. The Balaban J connectivity index is 3.93. The standard InChI is InChI=1S/C8H16N4O3S/c1-7(6-9)16(14,15)11-5-4-10-8(13)12(2)3/h7,11H,4-5H2,1-3H3,(H,10,13). The maximum Gasteiger partial charge on any atom is 0.316 e. The van der Waals surface area contributed by atoms with Crippen LogP contribution >= 0.6 is 0 Å². The molecule has 0 aliphatic rings. The molecule has 8 heteroatoms. The summed E-state index contributed by atoms with van der Waals surface area (Å²) in [5, 5.41) is 9.83. The first-order chi connectivity index (χ1) is 7.31. The van der Waals surface area contributed by atoms with Crippen molar-refractivity contribution in [3.63, 3.8) is 0 Å². The molecule has 0 aromatic carbocycles. The number of nitrogens with zero attached hydrogens (tertiary/aromatic N) is 2. The first-order valence-electron chi connectivity index (χ1n) is 4.64. The van der Waals surface area contributed by atoms with Gasteiger partial charge in [0.25, 0.3) is 0 Å². The molecule has 0 saturated heterocycles. The molecule has 0 spiro atoms. The molecule has 92 valence electrons. The predicted molar refractivity (Wildman–Crippen MR) is 59.1 cm³/mol. The lowest BCUT2D eigenvalue weighted by Crippen LogP contribution is -2.41. The largest absolute Gasteiger partial charge is 0.337 e. The Morgan fingerprint density at radius 2 is 2.00 bits per heavy atom. The summed E-state index contributed by atoms with van der Waals surface area (Å²) in [7, 11) is -0.443. The van der Waals surface area contributed by atoms with Crippen molar-refractivity contribution in [3.05, 3.63) is 0 Å². The van der Waals surface area contributed by atoms with Crippen molar-refractivity contribution in [3.8, 4) is 6.07 Å². The van der Waals surface area contributed by atoms with E-state index in [9.17, 15) is 13.2 Å². The number of urea groups is 1. The molecule has 0 radical (unpaired) electrons. The molecular weight excluding hydrogens is 232 g/mol. The lowest BCUT2D eigenvalue weighted by molar-refractivity contribution is 0.217. The summed E-state index contributed by atoms with van der Waals surface area (Å²) in [6.07, 6.45) is 0. The molecule has 0 rings (SSSR count). The van der Waals surface area contributed by atoms with E-state index in [1.807, 2.05) is 0 Å². The van der Waals surface area contributed by atoms with Crippen molar-refractivity contribution in [2.45, 2.75) is 12.2 Å². The molecule has 0 aliphatic carbocycles. The molecule has 0 aromatic rings. The summed E-state index contributed by atoms with van der Waals surface area (Å²) < 4.78 is 24.8.